The van der Waals surface area contributed by atoms with Gasteiger partial charge in [-0.2, -0.15) is 18.2 Å². The lowest BCUT2D eigenvalue weighted by Gasteiger charge is -2.43. The molecule has 9 heteroatoms. The zero-order valence-electron chi connectivity index (χ0n) is 15.8. The van der Waals surface area contributed by atoms with Crippen LogP contribution in [0.5, 0.6) is 6.01 Å². The number of halogens is 3. The highest BCUT2D eigenvalue weighted by Gasteiger charge is 2.32. The fourth-order valence-electron chi connectivity index (χ4n) is 4.12. The summed E-state index contributed by atoms with van der Waals surface area (Å²) < 4.78 is 41.8. The number of nitrogens with one attached hydrogen (secondary N) is 2. The monoisotopic (exact) mass is 395 g/mol. The number of hydrogen-bond acceptors (Lipinski definition) is 6. The average molecular weight is 395 g/mol. The average Bonchev–Trinajstić information content (AvgIpc) is 2.65. The summed E-state index contributed by atoms with van der Waals surface area (Å²) in [6, 6.07) is 1.93. The molecule has 0 spiro atoms. The summed E-state index contributed by atoms with van der Waals surface area (Å²) in [4.78, 5) is 10.6. The summed E-state index contributed by atoms with van der Waals surface area (Å²) in [5.41, 5.74) is 4.46. The number of aryl methyl sites for hydroxylation is 1. The minimum atomic E-state index is -4.42. The Morgan fingerprint density at radius 1 is 1.25 bits per heavy atom. The lowest BCUT2D eigenvalue weighted by molar-refractivity contribution is -0.154. The zero-order valence-corrected chi connectivity index (χ0v) is 15.8. The van der Waals surface area contributed by atoms with Gasteiger partial charge in [0.05, 0.1) is 0 Å². The van der Waals surface area contributed by atoms with E-state index in [-0.39, 0.29) is 6.01 Å². The van der Waals surface area contributed by atoms with Crippen molar-refractivity contribution in [2.24, 2.45) is 0 Å². The van der Waals surface area contributed by atoms with Gasteiger partial charge in [0.25, 0.3) is 0 Å². The fraction of sp³-hybridized carbons (Fsp3) is 0.579. The first-order valence-corrected chi connectivity index (χ1v) is 9.57. The summed E-state index contributed by atoms with van der Waals surface area (Å²) in [6.45, 7) is 4.51. The van der Waals surface area contributed by atoms with Crippen molar-refractivity contribution in [2.75, 3.05) is 38.1 Å². The van der Waals surface area contributed by atoms with Crippen molar-refractivity contribution in [2.45, 2.75) is 38.4 Å². The van der Waals surface area contributed by atoms with Crippen LogP contribution in [-0.4, -0.2) is 59.9 Å². The summed E-state index contributed by atoms with van der Waals surface area (Å²) in [7, 11) is 0. The lowest BCUT2D eigenvalue weighted by atomic mass is 9.84. The molecule has 1 aliphatic carbocycles. The van der Waals surface area contributed by atoms with Crippen LogP contribution in [0.1, 0.15) is 25.0 Å². The predicted molar refractivity (Wildman–Crippen MR) is 99.1 cm³/mol. The van der Waals surface area contributed by atoms with Crippen molar-refractivity contribution in [3.05, 3.63) is 34.7 Å². The van der Waals surface area contributed by atoms with Gasteiger partial charge in [0.15, 0.2) is 6.61 Å². The molecular formula is C19H24F3N5O. The Labute approximate surface area is 161 Å². The molecule has 1 fully saturated rings. The third-order valence-electron chi connectivity index (χ3n) is 5.34. The Bertz CT molecular complexity index is 805. The van der Waals surface area contributed by atoms with Gasteiger partial charge in [-0.25, -0.2) is 4.98 Å². The topological polar surface area (TPSA) is 62.3 Å². The summed E-state index contributed by atoms with van der Waals surface area (Å²) in [6.07, 6.45) is 0.625. The number of piperazine rings is 1. The van der Waals surface area contributed by atoms with E-state index >= 15 is 0 Å². The van der Waals surface area contributed by atoms with Crippen LogP contribution in [0.15, 0.2) is 29.0 Å². The number of aromatic nitrogens is 2. The van der Waals surface area contributed by atoms with E-state index in [1.165, 1.54) is 11.1 Å². The molecule has 28 heavy (non-hydrogen) atoms. The normalized spacial score (nSPS) is 23.0. The maximum Gasteiger partial charge on any atom is 0.422 e. The molecule has 6 nitrogen and oxygen atoms in total. The van der Waals surface area contributed by atoms with Gasteiger partial charge >= 0.3 is 12.2 Å². The lowest BCUT2D eigenvalue weighted by Crippen LogP contribution is -2.54. The second kappa shape index (κ2) is 7.71. The van der Waals surface area contributed by atoms with Crippen molar-refractivity contribution in [1.82, 2.24) is 20.2 Å². The van der Waals surface area contributed by atoms with Gasteiger partial charge in [0.2, 0.25) is 0 Å². The number of rotatable bonds is 4. The second-order valence-corrected chi connectivity index (χ2v) is 7.43. The maximum absolute atomic E-state index is 12.4. The Morgan fingerprint density at radius 2 is 2.11 bits per heavy atom. The van der Waals surface area contributed by atoms with Crippen molar-refractivity contribution in [3.8, 4) is 6.01 Å². The van der Waals surface area contributed by atoms with Gasteiger partial charge in [0.1, 0.15) is 5.82 Å². The van der Waals surface area contributed by atoms with Gasteiger partial charge in [0, 0.05) is 49.7 Å². The van der Waals surface area contributed by atoms with E-state index < -0.39 is 12.8 Å². The molecule has 1 aromatic rings. The summed E-state index contributed by atoms with van der Waals surface area (Å²) >= 11 is 0. The van der Waals surface area contributed by atoms with Gasteiger partial charge < -0.3 is 15.4 Å². The second-order valence-electron chi connectivity index (χ2n) is 7.43. The van der Waals surface area contributed by atoms with E-state index in [1.54, 1.807) is 13.0 Å². The van der Waals surface area contributed by atoms with Crippen LogP contribution in [-0.2, 0) is 0 Å². The molecule has 0 amide bonds. The first-order valence-electron chi connectivity index (χ1n) is 9.57. The van der Waals surface area contributed by atoms with Crippen LogP contribution in [0, 0.1) is 6.92 Å². The van der Waals surface area contributed by atoms with E-state index in [4.69, 9.17) is 4.74 Å². The maximum atomic E-state index is 12.4. The third kappa shape index (κ3) is 4.47. The van der Waals surface area contributed by atoms with Crippen molar-refractivity contribution < 1.29 is 17.9 Å². The molecule has 2 N–H and O–H groups in total. The standard InChI is InChI=1S/C19H24F3N5O/c1-12-8-17(26-18(24-12)28-11-19(20,21)22)25-14-2-3-15-13(9-14)4-6-27-7-5-23-10-16(15)27/h8-9,16,23H,2-7,10-11H2,1H3,(H,24,25,26)/t16-/m0/s1. The van der Waals surface area contributed by atoms with Gasteiger partial charge in [-0.05, 0) is 43.4 Å². The number of anilines is 1. The minimum absolute atomic E-state index is 0.266. The van der Waals surface area contributed by atoms with E-state index in [2.05, 4.69) is 31.6 Å². The number of allylic oxidation sites excluding steroid dienone is 2. The third-order valence-corrected chi connectivity index (χ3v) is 5.34. The van der Waals surface area contributed by atoms with E-state index in [0.717, 1.165) is 51.1 Å². The number of alkyl halides is 3. The van der Waals surface area contributed by atoms with Crippen molar-refractivity contribution >= 4 is 5.82 Å². The van der Waals surface area contributed by atoms with Crippen LogP contribution >= 0.6 is 0 Å². The molecule has 1 saturated heterocycles. The Hall–Kier alpha value is -2.13. The molecule has 0 aromatic carbocycles. The quantitative estimate of drug-likeness (QED) is 0.818. The molecule has 3 aliphatic rings. The molecule has 152 valence electrons. The smallest absolute Gasteiger partial charge is 0.422 e. The van der Waals surface area contributed by atoms with E-state index in [1.807, 2.05) is 0 Å². The molecule has 0 bridgehead atoms. The molecule has 3 heterocycles. The molecule has 1 atom stereocenters. The Morgan fingerprint density at radius 3 is 2.93 bits per heavy atom. The van der Waals surface area contributed by atoms with Gasteiger partial charge in [-0.15, -0.1) is 0 Å². The Balaban J connectivity index is 1.48. The van der Waals surface area contributed by atoms with Crippen LogP contribution in [0.3, 0.4) is 0 Å². The fourth-order valence-corrected chi connectivity index (χ4v) is 4.12. The minimum Gasteiger partial charge on any atom is -0.454 e. The zero-order chi connectivity index (χ0) is 19.7. The summed E-state index contributed by atoms with van der Waals surface area (Å²) in [5.74, 6) is 0.455. The molecule has 4 rings (SSSR count). The Kier molecular flexibility index (Phi) is 5.29. The molecule has 1 aromatic heterocycles. The van der Waals surface area contributed by atoms with Crippen molar-refractivity contribution in [3.63, 3.8) is 0 Å². The highest BCUT2D eigenvalue weighted by molar-refractivity contribution is 5.48. The number of nitrogens with zero attached hydrogens (tertiary/aromatic N) is 3. The number of hydrogen-bond donors (Lipinski definition) is 2. The predicted octanol–water partition coefficient (Wildman–Crippen LogP) is 2.79. The van der Waals surface area contributed by atoms with E-state index in [9.17, 15) is 13.2 Å². The van der Waals surface area contributed by atoms with Crippen LogP contribution in [0.25, 0.3) is 0 Å². The first kappa shape index (κ1) is 19.2. The van der Waals surface area contributed by atoms with Crippen LogP contribution in [0.4, 0.5) is 19.0 Å². The van der Waals surface area contributed by atoms with Crippen LogP contribution < -0.4 is 15.4 Å². The number of ether oxygens (including phenoxy) is 1. The van der Waals surface area contributed by atoms with Crippen LogP contribution in [0.2, 0.25) is 0 Å². The molecule has 2 aliphatic heterocycles. The largest absolute Gasteiger partial charge is 0.454 e. The molecule has 0 unspecified atom stereocenters. The summed E-state index contributed by atoms with van der Waals surface area (Å²) in [5, 5.41) is 6.73. The first-order chi connectivity index (χ1) is 13.4. The molecule has 0 radical (unpaired) electrons. The SMILES string of the molecule is Cc1cc(NC2=CC3=C(CC2)[C@@H]2CNCCN2CC3)nc(OCC(F)(F)F)n1. The van der Waals surface area contributed by atoms with Gasteiger partial charge in [-0.3, -0.25) is 4.90 Å². The molecule has 0 saturated carbocycles. The van der Waals surface area contributed by atoms with Crippen molar-refractivity contribution in [1.29, 1.82) is 0 Å². The van der Waals surface area contributed by atoms with E-state index in [0.29, 0.717) is 17.6 Å². The number of fused-ring (bicyclic) bond motifs is 2. The highest BCUT2D eigenvalue weighted by Crippen LogP contribution is 2.34. The van der Waals surface area contributed by atoms with Gasteiger partial charge in [-0.1, -0.05) is 0 Å². The molecular weight excluding hydrogens is 371 g/mol. The highest BCUT2D eigenvalue weighted by atomic mass is 19.4.